The van der Waals surface area contributed by atoms with Gasteiger partial charge in [0.05, 0.1) is 17.2 Å². The monoisotopic (exact) mass is 251 g/mol. The van der Waals surface area contributed by atoms with Gasteiger partial charge in [0.1, 0.15) is 10.3 Å². The average Bonchev–Trinajstić information content (AvgIpc) is 2.19. The van der Waals surface area contributed by atoms with Crippen molar-refractivity contribution in [3.05, 3.63) is 34.6 Å². The largest absolute Gasteiger partial charge is 0.411 e. The van der Waals surface area contributed by atoms with E-state index < -0.39 is 0 Å². The van der Waals surface area contributed by atoms with Gasteiger partial charge in [-0.15, -0.1) is 0 Å². The van der Waals surface area contributed by atoms with Crippen molar-refractivity contribution < 1.29 is 5.21 Å². The minimum absolute atomic E-state index is 0.506. The molecule has 0 saturated heterocycles. The third-order valence-corrected chi connectivity index (χ3v) is 2.32. The maximum absolute atomic E-state index is 8.40. The van der Waals surface area contributed by atoms with Crippen LogP contribution in [0.1, 0.15) is 5.69 Å². The molecule has 0 radical (unpaired) electrons. The number of aromatic nitrogens is 2. The van der Waals surface area contributed by atoms with Gasteiger partial charge >= 0.3 is 0 Å². The summed E-state index contributed by atoms with van der Waals surface area (Å²) >= 11 is 3.24. The zero-order valence-electron chi connectivity index (χ0n) is 7.05. The number of halogens is 1. The summed E-state index contributed by atoms with van der Waals surface area (Å²) < 4.78 is 0.564. The molecule has 0 unspecified atom stereocenters. The lowest BCUT2D eigenvalue weighted by Gasteiger charge is -1.99. The van der Waals surface area contributed by atoms with Crippen LogP contribution in [0.4, 0.5) is 0 Å². The average molecular weight is 252 g/mol. The van der Waals surface area contributed by atoms with E-state index in [1.807, 2.05) is 24.3 Å². The topological polar surface area (TPSA) is 58.4 Å². The SMILES string of the molecule is ON=Cc1nc2ccccc2nc1Br. The van der Waals surface area contributed by atoms with Gasteiger partial charge in [-0.2, -0.15) is 0 Å². The van der Waals surface area contributed by atoms with Gasteiger partial charge < -0.3 is 5.21 Å². The van der Waals surface area contributed by atoms with Crippen LogP contribution in [-0.4, -0.2) is 21.4 Å². The van der Waals surface area contributed by atoms with Crippen LogP contribution in [-0.2, 0) is 0 Å². The quantitative estimate of drug-likeness (QED) is 0.480. The van der Waals surface area contributed by atoms with E-state index in [1.165, 1.54) is 6.21 Å². The summed E-state index contributed by atoms with van der Waals surface area (Å²) in [6.45, 7) is 0. The van der Waals surface area contributed by atoms with Gasteiger partial charge in [-0.05, 0) is 28.1 Å². The molecule has 1 aromatic carbocycles. The van der Waals surface area contributed by atoms with Crippen molar-refractivity contribution in [1.29, 1.82) is 0 Å². The van der Waals surface area contributed by atoms with Crippen molar-refractivity contribution in [1.82, 2.24) is 9.97 Å². The molecule has 70 valence electrons. The number of benzene rings is 1. The molecule has 4 nitrogen and oxygen atoms in total. The normalized spacial score (nSPS) is 11.2. The fraction of sp³-hybridized carbons (Fsp3) is 0. The third kappa shape index (κ3) is 1.58. The molecule has 0 atom stereocenters. The van der Waals surface area contributed by atoms with Crippen LogP contribution in [0.3, 0.4) is 0 Å². The Morgan fingerprint density at radius 1 is 1.21 bits per heavy atom. The summed E-state index contributed by atoms with van der Waals surface area (Å²) in [7, 11) is 0. The minimum atomic E-state index is 0.506. The molecule has 0 spiro atoms. The van der Waals surface area contributed by atoms with Gasteiger partial charge in [0.25, 0.3) is 0 Å². The summed E-state index contributed by atoms with van der Waals surface area (Å²) in [4.78, 5) is 8.49. The Morgan fingerprint density at radius 3 is 2.50 bits per heavy atom. The fourth-order valence-corrected chi connectivity index (χ4v) is 1.51. The third-order valence-electron chi connectivity index (χ3n) is 1.73. The first kappa shape index (κ1) is 9.08. The van der Waals surface area contributed by atoms with Gasteiger partial charge in [-0.3, -0.25) is 0 Å². The van der Waals surface area contributed by atoms with Crippen LogP contribution in [0.2, 0.25) is 0 Å². The van der Waals surface area contributed by atoms with Crippen LogP contribution < -0.4 is 0 Å². The van der Waals surface area contributed by atoms with Crippen LogP contribution in [0.5, 0.6) is 0 Å². The highest BCUT2D eigenvalue weighted by Gasteiger charge is 2.03. The van der Waals surface area contributed by atoms with E-state index >= 15 is 0 Å². The molecule has 0 saturated carbocycles. The van der Waals surface area contributed by atoms with Crippen molar-refractivity contribution in [2.75, 3.05) is 0 Å². The summed E-state index contributed by atoms with van der Waals surface area (Å²) in [5, 5.41) is 11.3. The van der Waals surface area contributed by atoms with Crippen LogP contribution in [0.15, 0.2) is 34.0 Å². The first-order valence-electron chi connectivity index (χ1n) is 3.91. The molecule has 1 heterocycles. The first-order chi connectivity index (χ1) is 6.81. The maximum Gasteiger partial charge on any atom is 0.134 e. The standard InChI is InChI=1S/C9H6BrN3O/c10-9-8(5-11-14)12-6-3-1-2-4-7(6)13-9/h1-5,14H. The van der Waals surface area contributed by atoms with Gasteiger partial charge in [0.15, 0.2) is 0 Å². The summed E-state index contributed by atoms with van der Waals surface area (Å²) in [6, 6.07) is 7.49. The van der Waals surface area contributed by atoms with E-state index in [9.17, 15) is 0 Å². The number of nitrogens with zero attached hydrogens (tertiary/aromatic N) is 3. The van der Waals surface area contributed by atoms with Crippen molar-refractivity contribution in [2.45, 2.75) is 0 Å². The highest BCUT2D eigenvalue weighted by molar-refractivity contribution is 9.10. The van der Waals surface area contributed by atoms with Crippen molar-refractivity contribution in [2.24, 2.45) is 5.16 Å². The molecule has 2 aromatic rings. The molecule has 1 N–H and O–H groups in total. The van der Waals surface area contributed by atoms with Crippen molar-refractivity contribution in [3.63, 3.8) is 0 Å². The molecule has 2 rings (SSSR count). The fourth-order valence-electron chi connectivity index (χ4n) is 1.13. The molecule has 0 fully saturated rings. The Bertz CT molecular complexity index is 498. The molecule has 0 aliphatic carbocycles. The molecule has 5 heteroatoms. The number of fused-ring (bicyclic) bond motifs is 1. The Balaban J connectivity index is 2.70. The molecule has 0 bridgehead atoms. The summed E-state index contributed by atoms with van der Waals surface area (Å²) in [5.41, 5.74) is 2.08. The Labute approximate surface area is 88.4 Å². The predicted octanol–water partition coefficient (Wildman–Crippen LogP) is 2.20. The van der Waals surface area contributed by atoms with E-state index in [0.717, 1.165) is 11.0 Å². The van der Waals surface area contributed by atoms with E-state index in [0.29, 0.717) is 10.3 Å². The van der Waals surface area contributed by atoms with Crippen LogP contribution in [0.25, 0.3) is 11.0 Å². The van der Waals surface area contributed by atoms with Crippen molar-refractivity contribution >= 4 is 33.2 Å². The zero-order valence-corrected chi connectivity index (χ0v) is 8.64. The molecular formula is C9H6BrN3O. The number of hydrogen-bond acceptors (Lipinski definition) is 4. The molecular weight excluding hydrogens is 246 g/mol. The van der Waals surface area contributed by atoms with Crippen molar-refractivity contribution in [3.8, 4) is 0 Å². The van der Waals surface area contributed by atoms with Gasteiger partial charge in [0, 0.05) is 0 Å². The van der Waals surface area contributed by atoms with Crippen LogP contribution >= 0.6 is 15.9 Å². The van der Waals surface area contributed by atoms with E-state index in [4.69, 9.17) is 5.21 Å². The highest BCUT2D eigenvalue weighted by atomic mass is 79.9. The molecule has 1 aromatic heterocycles. The van der Waals surface area contributed by atoms with Gasteiger partial charge in [0.2, 0.25) is 0 Å². The molecule has 0 aliphatic rings. The Hall–Kier alpha value is -1.49. The Morgan fingerprint density at radius 2 is 1.86 bits per heavy atom. The van der Waals surface area contributed by atoms with Crippen LogP contribution in [0, 0.1) is 0 Å². The lowest BCUT2D eigenvalue weighted by atomic mass is 10.3. The summed E-state index contributed by atoms with van der Waals surface area (Å²) in [5.74, 6) is 0. The second-order valence-electron chi connectivity index (χ2n) is 2.63. The Kier molecular flexibility index (Phi) is 2.41. The minimum Gasteiger partial charge on any atom is -0.411 e. The smallest absolute Gasteiger partial charge is 0.134 e. The first-order valence-corrected chi connectivity index (χ1v) is 4.70. The lowest BCUT2D eigenvalue weighted by Crippen LogP contribution is -1.94. The summed E-state index contributed by atoms with van der Waals surface area (Å²) in [6.07, 6.45) is 1.24. The maximum atomic E-state index is 8.40. The predicted molar refractivity (Wildman–Crippen MR) is 56.6 cm³/mol. The lowest BCUT2D eigenvalue weighted by molar-refractivity contribution is 0.321. The second-order valence-corrected chi connectivity index (χ2v) is 3.38. The van der Waals surface area contributed by atoms with E-state index in [1.54, 1.807) is 0 Å². The zero-order chi connectivity index (χ0) is 9.97. The number of hydrogen-bond donors (Lipinski definition) is 1. The van der Waals surface area contributed by atoms with E-state index in [2.05, 4.69) is 31.1 Å². The van der Waals surface area contributed by atoms with E-state index in [-0.39, 0.29) is 0 Å². The molecule has 0 aliphatic heterocycles. The second kappa shape index (κ2) is 3.71. The number of oxime groups is 1. The highest BCUT2D eigenvalue weighted by Crippen LogP contribution is 2.15. The van der Waals surface area contributed by atoms with Gasteiger partial charge in [-0.25, -0.2) is 9.97 Å². The molecule has 0 amide bonds. The number of para-hydroxylation sites is 2. The van der Waals surface area contributed by atoms with Gasteiger partial charge in [-0.1, -0.05) is 17.3 Å². The number of rotatable bonds is 1. The molecule has 14 heavy (non-hydrogen) atoms.